The topological polar surface area (TPSA) is 104 Å². The van der Waals surface area contributed by atoms with Crippen LogP contribution in [0.2, 0.25) is 0 Å². The summed E-state index contributed by atoms with van der Waals surface area (Å²) in [6.45, 7) is 0.192. The number of carbonyl (C=O) groups excluding carboxylic acids is 3. The molecule has 0 spiro atoms. The summed E-state index contributed by atoms with van der Waals surface area (Å²) in [6.07, 6.45) is -0.252. The van der Waals surface area contributed by atoms with Crippen molar-refractivity contribution in [1.82, 2.24) is 4.90 Å². The van der Waals surface area contributed by atoms with Crippen molar-refractivity contribution in [3.63, 3.8) is 0 Å². The van der Waals surface area contributed by atoms with E-state index in [2.05, 4.69) is 0 Å². The molecular formula is C23H24N2O6. The second kappa shape index (κ2) is 9.88. The standard InChI is InChI=1S/C23H24N2O6/c1-31-18-9-7-16(8-10-18)13-14-24(20(26)11-12-22(28)29)19-15-21(27)25(23(19)30)17-5-3-2-4-6-17/h2-10,19H,11-15H2,1H3,(H,28,29)/t19-/m0/s1. The van der Waals surface area contributed by atoms with E-state index in [-0.39, 0.29) is 31.7 Å². The molecule has 0 aliphatic carbocycles. The highest BCUT2D eigenvalue weighted by Gasteiger charge is 2.44. The van der Waals surface area contributed by atoms with Crippen LogP contribution in [0.4, 0.5) is 5.69 Å². The Labute approximate surface area is 180 Å². The van der Waals surface area contributed by atoms with Crippen molar-refractivity contribution >= 4 is 29.4 Å². The van der Waals surface area contributed by atoms with Gasteiger partial charge in [-0.05, 0) is 36.2 Å². The van der Waals surface area contributed by atoms with E-state index in [0.717, 1.165) is 10.5 Å². The minimum atomic E-state index is -1.09. The van der Waals surface area contributed by atoms with E-state index in [1.807, 2.05) is 12.1 Å². The first-order valence-corrected chi connectivity index (χ1v) is 9.96. The smallest absolute Gasteiger partial charge is 0.303 e. The van der Waals surface area contributed by atoms with Crippen LogP contribution in [0, 0.1) is 0 Å². The number of carboxylic acid groups (broad SMARTS) is 1. The summed E-state index contributed by atoms with van der Waals surface area (Å²) in [6, 6.07) is 14.9. The van der Waals surface area contributed by atoms with Crippen LogP contribution in [0.25, 0.3) is 0 Å². The number of anilines is 1. The summed E-state index contributed by atoms with van der Waals surface area (Å²) in [5.74, 6) is -1.72. The maximum Gasteiger partial charge on any atom is 0.303 e. The zero-order valence-electron chi connectivity index (χ0n) is 17.2. The minimum Gasteiger partial charge on any atom is -0.497 e. The van der Waals surface area contributed by atoms with Gasteiger partial charge in [-0.15, -0.1) is 0 Å². The normalized spacial score (nSPS) is 15.8. The van der Waals surface area contributed by atoms with Crippen molar-refractivity contribution in [2.75, 3.05) is 18.6 Å². The summed E-state index contributed by atoms with van der Waals surface area (Å²) in [7, 11) is 1.57. The number of nitrogens with zero attached hydrogens (tertiary/aromatic N) is 2. The number of methoxy groups -OCH3 is 1. The van der Waals surface area contributed by atoms with Crippen LogP contribution >= 0.6 is 0 Å². The summed E-state index contributed by atoms with van der Waals surface area (Å²) >= 11 is 0. The number of aliphatic carboxylic acids is 1. The lowest BCUT2D eigenvalue weighted by Gasteiger charge is -2.27. The lowest BCUT2D eigenvalue weighted by molar-refractivity contribution is -0.143. The number of imide groups is 1. The quantitative estimate of drug-likeness (QED) is 0.619. The van der Waals surface area contributed by atoms with Crippen LogP contribution < -0.4 is 9.64 Å². The van der Waals surface area contributed by atoms with Gasteiger partial charge in [0.05, 0.1) is 25.6 Å². The van der Waals surface area contributed by atoms with Gasteiger partial charge in [-0.2, -0.15) is 0 Å². The number of para-hydroxylation sites is 1. The summed E-state index contributed by atoms with van der Waals surface area (Å²) in [4.78, 5) is 51.8. The number of ether oxygens (including phenoxy) is 1. The largest absolute Gasteiger partial charge is 0.497 e. The summed E-state index contributed by atoms with van der Waals surface area (Å²) in [5.41, 5.74) is 1.38. The molecule has 1 aliphatic heterocycles. The Bertz CT molecular complexity index is 958. The molecule has 1 heterocycles. The number of carbonyl (C=O) groups is 4. The van der Waals surface area contributed by atoms with Crippen molar-refractivity contribution in [3.8, 4) is 5.75 Å². The van der Waals surface area contributed by atoms with E-state index in [1.54, 1.807) is 49.6 Å². The first kappa shape index (κ1) is 22.0. The van der Waals surface area contributed by atoms with E-state index in [0.29, 0.717) is 17.9 Å². The molecule has 0 bridgehead atoms. The van der Waals surface area contributed by atoms with Crippen LogP contribution in [0.5, 0.6) is 5.75 Å². The lowest BCUT2D eigenvalue weighted by atomic mass is 10.1. The molecule has 1 aliphatic rings. The van der Waals surface area contributed by atoms with Gasteiger partial charge >= 0.3 is 5.97 Å². The van der Waals surface area contributed by atoms with Crippen LogP contribution in [0.3, 0.4) is 0 Å². The second-order valence-electron chi connectivity index (χ2n) is 7.20. The zero-order valence-corrected chi connectivity index (χ0v) is 17.2. The first-order chi connectivity index (χ1) is 14.9. The van der Waals surface area contributed by atoms with Gasteiger partial charge in [0.1, 0.15) is 11.8 Å². The molecule has 0 unspecified atom stereocenters. The van der Waals surface area contributed by atoms with Crippen LogP contribution in [-0.2, 0) is 25.6 Å². The Morgan fingerprint density at radius 2 is 1.74 bits per heavy atom. The molecular weight excluding hydrogens is 400 g/mol. The molecule has 0 radical (unpaired) electrons. The van der Waals surface area contributed by atoms with Gasteiger partial charge in [0.2, 0.25) is 11.8 Å². The molecule has 1 atom stereocenters. The SMILES string of the molecule is COc1ccc(CCN(C(=O)CCC(=O)O)[C@H]2CC(=O)N(c3ccccc3)C2=O)cc1. The van der Waals surface area contributed by atoms with Crippen molar-refractivity contribution in [2.24, 2.45) is 0 Å². The fourth-order valence-electron chi connectivity index (χ4n) is 3.56. The van der Waals surface area contributed by atoms with E-state index in [1.165, 1.54) is 4.90 Å². The van der Waals surface area contributed by atoms with Gasteiger partial charge in [-0.1, -0.05) is 30.3 Å². The van der Waals surface area contributed by atoms with Gasteiger partial charge in [-0.3, -0.25) is 19.2 Å². The number of rotatable bonds is 9. The van der Waals surface area contributed by atoms with Crippen molar-refractivity contribution in [2.45, 2.75) is 31.7 Å². The summed E-state index contributed by atoms with van der Waals surface area (Å²) in [5, 5.41) is 8.94. The van der Waals surface area contributed by atoms with Crippen molar-refractivity contribution in [3.05, 3.63) is 60.2 Å². The molecule has 8 nitrogen and oxygen atoms in total. The van der Waals surface area contributed by atoms with E-state index in [4.69, 9.17) is 9.84 Å². The van der Waals surface area contributed by atoms with Gasteiger partial charge in [0, 0.05) is 13.0 Å². The molecule has 0 aromatic heterocycles. The van der Waals surface area contributed by atoms with Crippen molar-refractivity contribution in [1.29, 1.82) is 0 Å². The number of amides is 3. The number of benzene rings is 2. The number of carboxylic acids is 1. The van der Waals surface area contributed by atoms with E-state index in [9.17, 15) is 19.2 Å². The highest BCUT2D eigenvalue weighted by molar-refractivity contribution is 6.23. The molecule has 1 fully saturated rings. The average molecular weight is 424 g/mol. The molecule has 2 aromatic rings. The Kier molecular flexibility index (Phi) is 7.02. The monoisotopic (exact) mass is 424 g/mol. The second-order valence-corrected chi connectivity index (χ2v) is 7.20. The lowest BCUT2D eigenvalue weighted by Crippen LogP contribution is -2.46. The number of hydrogen-bond acceptors (Lipinski definition) is 5. The minimum absolute atomic E-state index is 0.130. The average Bonchev–Trinajstić information content (AvgIpc) is 3.07. The van der Waals surface area contributed by atoms with Crippen LogP contribution in [0.15, 0.2) is 54.6 Å². The van der Waals surface area contributed by atoms with Gasteiger partial charge in [-0.25, -0.2) is 4.90 Å². The third kappa shape index (κ3) is 5.28. The maximum absolute atomic E-state index is 13.1. The molecule has 8 heteroatoms. The Morgan fingerprint density at radius 3 is 2.35 bits per heavy atom. The predicted molar refractivity (Wildman–Crippen MR) is 113 cm³/mol. The molecule has 31 heavy (non-hydrogen) atoms. The van der Waals surface area contributed by atoms with E-state index >= 15 is 0 Å². The Morgan fingerprint density at radius 1 is 1.06 bits per heavy atom. The van der Waals surface area contributed by atoms with E-state index < -0.39 is 23.8 Å². The highest BCUT2D eigenvalue weighted by Crippen LogP contribution is 2.26. The summed E-state index contributed by atoms with van der Waals surface area (Å²) < 4.78 is 5.14. The van der Waals surface area contributed by atoms with Crippen molar-refractivity contribution < 1.29 is 29.0 Å². The molecule has 3 rings (SSSR count). The van der Waals surface area contributed by atoms with Gasteiger partial charge in [0.25, 0.3) is 5.91 Å². The molecule has 1 N–H and O–H groups in total. The van der Waals surface area contributed by atoms with Crippen LogP contribution in [0.1, 0.15) is 24.8 Å². The fraction of sp³-hybridized carbons (Fsp3) is 0.304. The van der Waals surface area contributed by atoms with Crippen LogP contribution in [-0.4, -0.2) is 53.4 Å². The molecule has 3 amide bonds. The third-order valence-corrected chi connectivity index (χ3v) is 5.19. The Balaban J connectivity index is 1.79. The molecule has 0 saturated carbocycles. The number of hydrogen-bond donors (Lipinski definition) is 1. The van der Waals surface area contributed by atoms with Gasteiger partial charge < -0.3 is 14.7 Å². The molecule has 162 valence electrons. The zero-order chi connectivity index (χ0) is 22.4. The predicted octanol–water partition coefficient (Wildman–Crippen LogP) is 2.26. The molecule has 2 aromatic carbocycles. The maximum atomic E-state index is 13.1. The first-order valence-electron chi connectivity index (χ1n) is 9.96. The van der Waals surface area contributed by atoms with Gasteiger partial charge in [0.15, 0.2) is 0 Å². The molecule has 1 saturated heterocycles. The Hall–Kier alpha value is -3.68. The highest BCUT2D eigenvalue weighted by atomic mass is 16.5. The fourth-order valence-corrected chi connectivity index (χ4v) is 3.56. The third-order valence-electron chi connectivity index (χ3n) is 5.19.